The third kappa shape index (κ3) is 1.69. The van der Waals surface area contributed by atoms with Gasteiger partial charge in [-0.15, -0.1) is 0 Å². The summed E-state index contributed by atoms with van der Waals surface area (Å²) in [4.78, 5) is 30.2. The van der Waals surface area contributed by atoms with Gasteiger partial charge in [-0.25, -0.2) is 4.98 Å². The van der Waals surface area contributed by atoms with E-state index >= 15 is 0 Å². The van der Waals surface area contributed by atoms with Crippen LogP contribution in [0.4, 0.5) is 4.39 Å². The number of carbonyl (C=O) groups excluding carboxylic acids is 2. The predicted molar refractivity (Wildman–Crippen MR) is 45.8 cm³/mol. The van der Waals surface area contributed by atoms with Gasteiger partial charge in [0.15, 0.2) is 0 Å². The van der Waals surface area contributed by atoms with Crippen LogP contribution in [-0.2, 0) is 9.59 Å². The smallest absolute Gasteiger partial charge is 0.287 e. The SMILES string of the molecule is O=C1C=CC(=O)N1Oc1cccnc1[18F]. The van der Waals surface area contributed by atoms with Gasteiger partial charge < -0.3 is 4.84 Å². The number of carbonyl (C=O) groups is 2. The Morgan fingerprint density at radius 1 is 1.27 bits per heavy atom. The molecule has 0 spiro atoms. The van der Waals surface area contributed by atoms with E-state index in [1.807, 2.05) is 0 Å². The molecular weight excluding hydrogens is 202 g/mol. The minimum Gasteiger partial charge on any atom is -0.364 e. The molecule has 0 bridgehead atoms. The summed E-state index contributed by atoms with van der Waals surface area (Å²) in [5.74, 6) is -2.46. The summed E-state index contributed by atoms with van der Waals surface area (Å²) in [5.41, 5.74) is 0. The molecule has 0 radical (unpaired) electrons. The van der Waals surface area contributed by atoms with Crippen molar-refractivity contribution in [3.63, 3.8) is 0 Å². The molecule has 0 saturated carbocycles. The minimum atomic E-state index is -0.884. The first-order valence-corrected chi connectivity index (χ1v) is 4.03. The predicted octanol–water partition coefficient (Wildman–Crippen LogP) is 0.439. The van der Waals surface area contributed by atoms with E-state index in [-0.39, 0.29) is 5.75 Å². The van der Waals surface area contributed by atoms with E-state index in [0.29, 0.717) is 5.06 Å². The van der Waals surface area contributed by atoms with Crippen molar-refractivity contribution in [1.29, 1.82) is 0 Å². The Balaban J connectivity index is 2.20. The van der Waals surface area contributed by atoms with E-state index < -0.39 is 17.8 Å². The molecule has 5 nitrogen and oxygen atoms in total. The average molecular weight is 207 g/mol. The number of hydrogen-bond donors (Lipinski definition) is 0. The van der Waals surface area contributed by atoms with Crippen LogP contribution in [0.3, 0.4) is 0 Å². The van der Waals surface area contributed by atoms with Crippen molar-refractivity contribution in [3.8, 4) is 5.75 Å². The highest BCUT2D eigenvalue weighted by atomic mass is 18.2. The van der Waals surface area contributed by atoms with Gasteiger partial charge in [-0.2, -0.15) is 4.39 Å². The molecule has 2 amide bonds. The third-order valence-electron chi connectivity index (χ3n) is 1.68. The molecule has 2 heterocycles. The first kappa shape index (κ1) is 9.32. The number of nitrogens with zero attached hydrogens (tertiary/aromatic N) is 2. The Bertz CT molecular complexity index is 440. The maximum atomic E-state index is 13.0. The number of hydroxylamine groups is 2. The van der Waals surface area contributed by atoms with Gasteiger partial charge >= 0.3 is 0 Å². The molecule has 1 aromatic heterocycles. The van der Waals surface area contributed by atoms with Gasteiger partial charge in [0.05, 0.1) is 0 Å². The lowest BCUT2D eigenvalue weighted by Gasteiger charge is -2.13. The Hall–Kier alpha value is -2.24. The molecule has 76 valence electrons. The summed E-state index contributed by atoms with van der Waals surface area (Å²) in [6, 6.07) is 2.69. The summed E-state index contributed by atoms with van der Waals surface area (Å²) < 4.78 is 13.0. The molecular formula is C9H5FN2O3. The van der Waals surface area contributed by atoms with Crippen molar-refractivity contribution in [3.05, 3.63) is 36.4 Å². The van der Waals surface area contributed by atoms with Gasteiger partial charge in [0.2, 0.25) is 5.75 Å². The summed E-state index contributed by atoms with van der Waals surface area (Å²) >= 11 is 0. The average Bonchev–Trinajstić information content (AvgIpc) is 2.53. The normalized spacial score (nSPS) is 14.9. The highest BCUT2D eigenvalue weighted by Gasteiger charge is 2.26. The van der Waals surface area contributed by atoms with Gasteiger partial charge in [-0.1, -0.05) is 5.06 Å². The maximum Gasteiger partial charge on any atom is 0.287 e. The Kier molecular flexibility index (Phi) is 2.17. The van der Waals surface area contributed by atoms with E-state index in [9.17, 15) is 14.0 Å². The molecule has 0 atom stereocenters. The number of amides is 2. The van der Waals surface area contributed by atoms with Crippen LogP contribution < -0.4 is 4.84 Å². The Morgan fingerprint density at radius 3 is 2.53 bits per heavy atom. The van der Waals surface area contributed by atoms with Crippen LogP contribution in [0, 0.1) is 5.95 Å². The first-order valence-electron chi connectivity index (χ1n) is 4.03. The molecule has 6 heteroatoms. The maximum absolute atomic E-state index is 13.0. The van der Waals surface area contributed by atoms with Crippen LogP contribution >= 0.6 is 0 Å². The molecule has 1 aliphatic rings. The van der Waals surface area contributed by atoms with Gasteiger partial charge in [0.25, 0.3) is 17.8 Å². The fraction of sp³-hybridized carbons (Fsp3) is 0. The zero-order valence-electron chi connectivity index (χ0n) is 7.38. The fourth-order valence-corrected chi connectivity index (χ4v) is 1.01. The molecule has 0 N–H and O–H groups in total. The van der Waals surface area contributed by atoms with E-state index in [0.717, 1.165) is 12.2 Å². The van der Waals surface area contributed by atoms with Crippen molar-refractivity contribution < 1.29 is 18.8 Å². The van der Waals surface area contributed by atoms with Crippen LogP contribution in [0.15, 0.2) is 30.5 Å². The second-order valence-corrected chi connectivity index (χ2v) is 2.69. The molecule has 15 heavy (non-hydrogen) atoms. The number of imide groups is 1. The fourth-order valence-electron chi connectivity index (χ4n) is 1.01. The highest BCUT2D eigenvalue weighted by molar-refractivity contribution is 6.11. The molecule has 0 saturated heterocycles. The topological polar surface area (TPSA) is 59.5 Å². The lowest BCUT2D eigenvalue weighted by atomic mass is 10.4. The van der Waals surface area contributed by atoms with Crippen LogP contribution in [0.2, 0.25) is 0 Å². The van der Waals surface area contributed by atoms with Crippen molar-refractivity contribution in [2.45, 2.75) is 0 Å². The summed E-state index contributed by atoms with van der Waals surface area (Å²) in [5, 5.41) is 0.458. The largest absolute Gasteiger partial charge is 0.364 e. The van der Waals surface area contributed by atoms with E-state index in [1.54, 1.807) is 0 Å². The lowest BCUT2D eigenvalue weighted by Crippen LogP contribution is -2.33. The summed E-state index contributed by atoms with van der Waals surface area (Å²) in [7, 11) is 0. The number of rotatable bonds is 2. The standard InChI is InChI=1S/C9H5FN2O3/c10-9-6(2-1-5-11-9)15-12-7(13)3-4-8(12)14/h1-5H/i10-1. The van der Waals surface area contributed by atoms with Crippen molar-refractivity contribution in [2.24, 2.45) is 0 Å². The van der Waals surface area contributed by atoms with Gasteiger partial charge in [-0.3, -0.25) is 9.59 Å². The second kappa shape index (κ2) is 3.49. The van der Waals surface area contributed by atoms with Gasteiger partial charge in [0, 0.05) is 18.3 Å². The number of hydrogen-bond acceptors (Lipinski definition) is 4. The lowest BCUT2D eigenvalue weighted by molar-refractivity contribution is -0.163. The van der Waals surface area contributed by atoms with Crippen LogP contribution in [0.1, 0.15) is 0 Å². The molecule has 1 aliphatic heterocycles. The second-order valence-electron chi connectivity index (χ2n) is 2.69. The molecule has 1 aromatic rings. The van der Waals surface area contributed by atoms with Gasteiger partial charge in [0.1, 0.15) is 0 Å². The molecule has 0 unspecified atom stereocenters. The van der Waals surface area contributed by atoms with Crippen molar-refractivity contribution >= 4 is 11.8 Å². The molecule has 0 aromatic carbocycles. The molecule has 0 fully saturated rings. The van der Waals surface area contributed by atoms with Crippen LogP contribution in [0.25, 0.3) is 0 Å². The Morgan fingerprint density at radius 2 is 1.93 bits per heavy atom. The quantitative estimate of drug-likeness (QED) is 0.521. The van der Waals surface area contributed by atoms with Gasteiger partial charge in [-0.05, 0) is 12.1 Å². The van der Waals surface area contributed by atoms with E-state index in [1.165, 1.54) is 18.3 Å². The van der Waals surface area contributed by atoms with E-state index in [2.05, 4.69) is 4.98 Å². The highest BCUT2D eigenvalue weighted by Crippen LogP contribution is 2.16. The van der Waals surface area contributed by atoms with Crippen molar-refractivity contribution in [2.75, 3.05) is 0 Å². The zero-order valence-corrected chi connectivity index (χ0v) is 7.38. The number of aromatic nitrogens is 1. The first-order chi connectivity index (χ1) is 7.18. The van der Waals surface area contributed by atoms with Crippen molar-refractivity contribution in [1.82, 2.24) is 10.0 Å². The molecule has 2 rings (SSSR count). The minimum absolute atomic E-state index is 0.275. The molecule has 0 aliphatic carbocycles. The number of halogens is 1. The monoisotopic (exact) mass is 207 g/mol. The number of pyridine rings is 1. The van der Waals surface area contributed by atoms with E-state index in [4.69, 9.17) is 4.84 Å². The summed E-state index contributed by atoms with van der Waals surface area (Å²) in [6.45, 7) is 0. The van der Waals surface area contributed by atoms with Crippen LogP contribution in [0.5, 0.6) is 5.75 Å². The Labute approximate surface area is 83.7 Å². The third-order valence-corrected chi connectivity index (χ3v) is 1.68. The zero-order chi connectivity index (χ0) is 10.8. The van der Waals surface area contributed by atoms with Crippen LogP contribution in [-0.4, -0.2) is 21.9 Å². The summed E-state index contributed by atoms with van der Waals surface area (Å²) in [6.07, 6.45) is 3.31.